The molecule has 0 unspecified atom stereocenters. The second kappa shape index (κ2) is 9.61. The molecule has 2 aliphatic rings. The number of benzene rings is 2. The first-order chi connectivity index (χ1) is 16.8. The van der Waals surface area contributed by atoms with E-state index in [2.05, 4.69) is 0 Å². The molecule has 3 amide bonds. The zero-order valence-electron chi connectivity index (χ0n) is 19.9. The molecule has 9 nitrogen and oxygen atoms in total. The number of fused-ring (bicyclic) bond motifs is 1. The maximum atomic E-state index is 13.4. The van der Waals surface area contributed by atoms with E-state index in [0.29, 0.717) is 22.6 Å². The van der Waals surface area contributed by atoms with E-state index in [1.54, 1.807) is 63.4 Å². The van der Waals surface area contributed by atoms with Gasteiger partial charge < -0.3 is 19.1 Å². The number of esters is 1. The molecule has 0 N–H and O–H groups in total. The minimum Gasteiger partial charge on any atom is -0.497 e. The Morgan fingerprint density at radius 2 is 1.66 bits per heavy atom. The Bertz CT molecular complexity index is 1200. The second-order valence-corrected chi connectivity index (χ2v) is 8.20. The summed E-state index contributed by atoms with van der Waals surface area (Å²) in [6, 6.07) is 9.92. The smallest absolute Gasteiger partial charge is 0.330 e. The van der Waals surface area contributed by atoms with Gasteiger partial charge in [-0.15, -0.1) is 0 Å². The molecule has 0 radical (unpaired) electrons. The summed E-state index contributed by atoms with van der Waals surface area (Å²) in [4.78, 5) is 54.3. The number of nitrogens with zero attached hydrogens (tertiary/aromatic N) is 2. The number of methoxy groups -OCH3 is 2. The summed E-state index contributed by atoms with van der Waals surface area (Å²) in [5.74, 6) is -0.906. The lowest BCUT2D eigenvalue weighted by Gasteiger charge is -2.50. The molecular formula is C26H26N2O7. The normalized spacial score (nSPS) is 19.4. The number of imide groups is 1. The highest BCUT2D eigenvalue weighted by molar-refractivity contribution is 6.23. The van der Waals surface area contributed by atoms with Crippen LogP contribution in [0.3, 0.4) is 0 Å². The second-order valence-electron chi connectivity index (χ2n) is 8.20. The summed E-state index contributed by atoms with van der Waals surface area (Å²) < 4.78 is 15.7. The molecule has 0 aliphatic carbocycles. The molecule has 2 heterocycles. The van der Waals surface area contributed by atoms with Gasteiger partial charge in [-0.25, -0.2) is 4.79 Å². The van der Waals surface area contributed by atoms with E-state index >= 15 is 0 Å². The third kappa shape index (κ3) is 4.14. The fourth-order valence-electron chi connectivity index (χ4n) is 4.53. The zero-order chi connectivity index (χ0) is 25.3. The van der Waals surface area contributed by atoms with E-state index in [1.807, 2.05) is 0 Å². The lowest BCUT2D eigenvalue weighted by atomic mass is 9.86. The molecule has 2 aromatic rings. The molecule has 35 heavy (non-hydrogen) atoms. The van der Waals surface area contributed by atoms with E-state index in [4.69, 9.17) is 14.2 Å². The number of rotatable bonds is 8. The predicted molar refractivity (Wildman–Crippen MR) is 125 cm³/mol. The van der Waals surface area contributed by atoms with Crippen LogP contribution < -0.4 is 9.47 Å². The van der Waals surface area contributed by atoms with Crippen LogP contribution in [0.25, 0.3) is 0 Å². The average Bonchev–Trinajstić information content (AvgIpc) is 3.10. The summed E-state index contributed by atoms with van der Waals surface area (Å²) >= 11 is 0. The number of hydrogen-bond donors (Lipinski definition) is 0. The van der Waals surface area contributed by atoms with Crippen molar-refractivity contribution in [2.24, 2.45) is 0 Å². The van der Waals surface area contributed by atoms with Crippen LogP contribution in [0.15, 0.2) is 54.1 Å². The number of likely N-dealkylation sites (tertiary alicyclic amines) is 1. The molecule has 0 saturated carbocycles. The average molecular weight is 479 g/mol. The number of carbonyl (C=O) groups excluding carboxylic acids is 4. The Hall–Kier alpha value is -4.14. The highest BCUT2D eigenvalue weighted by atomic mass is 16.5. The van der Waals surface area contributed by atoms with Gasteiger partial charge in [-0.05, 0) is 43.7 Å². The molecule has 0 bridgehead atoms. The molecule has 4 rings (SSSR count). The largest absolute Gasteiger partial charge is 0.497 e. The minimum absolute atomic E-state index is 0.143. The van der Waals surface area contributed by atoms with Gasteiger partial charge in [0, 0.05) is 17.7 Å². The van der Waals surface area contributed by atoms with Crippen LogP contribution in [0, 0.1) is 0 Å². The van der Waals surface area contributed by atoms with Gasteiger partial charge in [-0.1, -0.05) is 12.1 Å². The molecule has 2 atom stereocenters. The number of hydrogen-bond acceptors (Lipinski definition) is 7. The maximum Gasteiger partial charge on any atom is 0.330 e. The number of ether oxygens (including phenoxy) is 3. The molecule has 1 saturated heterocycles. The lowest BCUT2D eigenvalue weighted by Crippen LogP contribution is -2.71. The van der Waals surface area contributed by atoms with Gasteiger partial charge in [0.25, 0.3) is 11.8 Å². The summed E-state index contributed by atoms with van der Waals surface area (Å²) in [5.41, 5.74) is 1.71. The summed E-state index contributed by atoms with van der Waals surface area (Å²) in [5, 5.41) is 0. The van der Waals surface area contributed by atoms with Crippen LogP contribution in [-0.4, -0.2) is 66.4 Å². The van der Waals surface area contributed by atoms with Gasteiger partial charge in [-0.3, -0.25) is 19.3 Å². The highest BCUT2D eigenvalue weighted by Gasteiger charge is 2.56. The molecule has 182 valence electrons. The van der Waals surface area contributed by atoms with E-state index in [0.717, 1.165) is 4.90 Å². The number of amides is 3. The Kier molecular flexibility index (Phi) is 6.59. The Morgan fingerprint density at radius 3 is 2.23 bits per heavy atom. The zero-order valence-corrected chi connectivity index (χ0v) is 19.9. The quantitative estimate of drug-likeness (QED) is 0.249. The van der Waals surface area contributed by atoms with Crippen molar-refractivity contribution in [2.75, 3.05) is 20.8 Å². The van der Waals surface area contributed by atoms with Crippen LogP contribution in [-0.2, 0) is 20.9 Å². The third-order valence-electron chi connectivity index (χ3n) is 6.21. The van der Waals surface area contributed by atoms with Crippen LogP contribution in [0.4, 0.5) is 0 Å². The van der Waals surface area contributed by atoms with Crippen molar-refractivity contribution in [3.05, 3.63) is 70.8 Å². The fourth-order valence-corrected chi connectivity index (χ4v) is 4.53. The third-order valence-corrected chi connectivity index (χ3v) is 6.21. The van der Waals surface area contributed by atoms with Crippen molar-refractivity contribution in [3.63, 3.8) is 0 Å². The van der Waals surface area contributed by atoms with Crippen molar-refractivity contribution in [1.29, 1.82) is 0 Å². The Labute approximate surface area is 202 Å². The number of carbonyl (C=O) groups is 4. The van der Waals surface area contributed by atoms with Gasteiger partial charge in [0.2, 0.25) is 5.91 Å². The SMILES string of the molecule is CCOC(=O)C=C(C)[C@@H]1[C@H](N2C(=O)c3ccccc3C2=O)C(=O)N1Cc1ccc(OC)cc1OC. The Morgan fingerprint density at radius 1 is 1.00 bits per heavy atom. The lowest BCUT2D eigenvalue weighted by molar-refractivity contribution is -0.154. The van der Waals surface area contributed by atoms with Crippen LogP contribution >= 0.6 is 0 Å². The van der Waals surface area contributed by atoms with Gasteiger partial charge >= 0.3 is 5.97 Å². The molecular weight excluding hydrogens is 452 g/mol. The predicted octanol–water partition coefficient (Wildman–Crippen LogP) is 2.59. The first kappa shape index (κ1) is 24.0. The standard InChI is InChI=1S/C26H26N2O7/c1-5-35-21(29)12-15(2)22-23(28-24(30)18-8-6-7-9-19(18)25(28)31)26(32)27(22)14-16-10-11-17(33-3)13-20(16)34-4/h6-13,22-23H,5,14H2,1-4H3/t22-,23+/m1/s1. The summed E-state index contributed by atoms with van der Waals surface area (Å²) in [6.07, 6.45) is 1.30. The van der Waals surface area contributed by atoms with E-state index in [-0.39, 0.29) is 24.3 Å². The molecule has 1 fully saturated rings. The summed E-state index contributed by atoms with van der Waals surface area (Å²) in [6.45, 7) is 3.71. The van der Waals surface area contributed by atoms with Gasteiger partial charge in [0.15, 0.2) is 0 Å². The molecule has 0 aromatic heterocycles. The molecule has 2 aliphatic heterocycles. The fraction of sp³-hybridized carbons (Fsp3) is 0.308. The van der Waals surface area contributed by atoms with E-state index in [9.17, 15) is 19.2 Å². The minimum atomic E-state index is -1.07. The van der Waals surface area contributed by atoms with Crippen molar-refractivity contribution >= 4 is 23.7 Å². The van der Waals surface area contributed by atoms with Crippen LogP contribution in [0.5, 0.6) is 11.5 Å². The van der Waals surface area contributed by atoms with E-state index in [1.165, 1.54) is 18.1 Å². The van der Waals surface area contributed by atoms with Crippen molar-refractivity contribution < 1.29 is 33.4 Å². The topological polar surface area (TPSA) is 102 Å². The first-order valence-electron chi connectivity index (χ1n) is 11.2. The van der Waals surface area contributed by atoms with E-state index < -0.39 is 35.8 Å². The maximum absolute atomic E-state index is 13.4. The molecule has 0 spiro atoms. The molecule has 9 heteroatoms. The van der Waals surface area contributed by atoms with Crippen molar-refractivity contribution in [2.45, 2.75) is 32.5 Å². The first-order valence-corrected chi connectivity index (χ1v) is 11.2. The van der Waals surface area contributed by atoms with Gasteiger partial charge in [-0.2, -0.15) is 0 Å². The molecule has 2 aromatic carbocycles. The van der Waals surface area contributed by atoms with Crippen molar-refractivity contribution in [3.8, 4) is 11.5 Å². The summed E-state index contributed by atoms with van der Waals surface area (Å²) in [7, 11) is 3.06. The van der Waals surface area contributed by atoms with Gasteiger partial charge in [0.1, 0.15) is 17.5 Å². The van der Waals surface area contributed by atoms with Crippen molar-refractivity contribution in [1.82, 2.24) is 9.80 Å². The highest BCUT2D eigenvalue weighted by Crippen LogP contribution is 2.38. The Balaban J connectivity index is 1.70. The van der Waals surface area contributed by atoms with Gasteiger partial charge in [0.05, 0.1) is 44.5 Å². The monoisotopic (exact) mass is 478 g/mol. The number of β-lactam (4-membered cyclic amide) rings is 1. The van der Waals surface area contributed by atoms with Crippen LogP contribution in [0.2, 0.25) is 0 Å². The van der Waals surface area contributed by atoms with Crippen LogP contribution in [0.1, 0.15) is 40.1 Å².